The fraction of sp³-hybridized carbons (Fsp3) is 0. The Labute approximate surface area is 102 Å². The molecule has 0 saturated heterocycles. The van der Waals surface area contributed by atoms with Crippen molar-refractivity contribution in [3.05, 3.63) is 70.2 Å². The van der Waals surface area contributed by atoms with Crippen molar-refractivity contribution in [2.24, 2.45) is 0 Å². The largest absolute Gasteiger partial charge is 0.288 e. The van der Waals surface area contributed by atoms with Crippen LogP contribution in [0.1, 0.15) is 15.9 Å². The van der Waals surface area contributed by atoms with Crippen molar-refractivity contribution in [1.29, 1.82) is 0 Å². The Balaban J connectivity index is 2.47. The second kappa shape index (κ2) is 4.63. The summed E-state index contributed by atoms with van der Waals surface area (Å²) >= 11 is 5.73. The molecule has 0 aromatic heterocycles. The second-order valence-corrected chi connectivity index (χ2v) is 3.90. The molecule has 4 heteroatoms. The first-order chi connectivity index (χ1) is 8.08. The summed E-state index contributed by atoms with van der Waals surface area (Å²) in [6.07, 6.45) is 0. The van der Waals surface area contributed by atoms with Crippen molar-refractivity contribution in [2.45, 2.75) is 0 Å². The summed E-state index contributed by atoms with van der Waals surface area (Å²) in [4.78, 5) is 11.9. The predicted octanol–water partition coefficient (Wildman–Crippen LogP) is 3.85. The SMILES string of the molecule is O=C(c1cccc(Cl)c1)c1cc(F)ccc1F. The van der Waals surface area contributed by atoms with E-state index in [1.165, 1.54) is 12.1 Å². The molecule has 0 aliphatic carbocycles. The lowest BCUT2D eigenvalue weighted by Gasteiger charge is -2.03. The first-order valence-corrected chi connectivity index (χ1v) is 5.21. The van der Waals surface area contributed by atoms with Crippen LogP contribution in [-0.4, -0.2) is 5.78 Å². The zero-order chi connectivity index (χ0) is 12.4. The molecule has 0 radical (unpaired) electrons. The third-order valence-corrected chi connectivity index (χ3v) is 2.49. The van der Waals surface area contributed by atoms with Crippen LogP contribution in [0.4, 0.5) is 8.78 Å². The van der Waals surface area contributed by atoms with Gasteiger partial charge in [-0.3, -0.25) is 4.79 Å². The summed E-state index contributed by atoms with van der Waals surface area (Å²) in [5, 5.41) is 0.368. The molecule has 86 valence electrons. The van der Waals surface area contributed by atoms with E-state index in [1.54, 1.807) is 12.1 Å². The molecular formula is C13H7ClF2O. The number of ketones is 1. The topological polar surface area (TPSA) is 17.1 Å². The second-order valence-electron chi connectivity index (χ2n) is 3.46. The molecule has 17 heavy (non-hydrogen) atoms. The van der Waals surface area contributed by atoms with E-state index in [0.29, 0.717) is 5.02 Å². The molecule has 0 spiro atoms. The average Bonchev–Trinajstić information content (AvgIpc) is 2.31. The van der Waals surface area contributed by atoms with E-state index in [1.807, 2.05) is 0 Å². The number of carbonyl (C=O) groups excluding carboxylic acids is 1. The number of carbonyl (C=O) groups is 1. The number of hydrogen-bond acceptors (Lipinski definition) is 1. The van der Waals surface area contributed by atoms with Gasteiger partial charge in [-0.15, -0.1) is 0 Å². The Morgan fingerprint density at radius 1 is 1.06 bits per heavy atom. The molecule has 0 aliphatic rings. The van der Waals surface area contributed by atoms with E-state index >= 15 is 0 Å². The molecule has 0 aliphatic heterocycles. The van der Waals surface area contributed by atoms with Crippen molar-refractivity contribution in [1.82, 2.24) is 0 Å². The molecule has 2 aromatic carbocycles. The minimum atomic E-state index is -0.753. The first kappa shape index (κ1) is 11.7. The van der Waals surface area contributed by atoms with E-state index in [4.69, 9.17) is 11.6 Å². The third-order valence-electron chi connectivity index (χ3n) is 2.26. The monoisotopic (exact) mass is 252 g/mol. The van der Waals surface area contributed by atoms with Gasteiger partial charge in [0, 0.05) is 10.6 Å². The van der Waals surface area contributed by atoms with Gasteiger partial charge in [-0.1, -0.05) is 23.7 Å². The lowest BCUT2D eigenvalue weighted by Crippen LogP contribution is -2.04. The van der Waals surface area contributed by atoms with Crippen molar-refractivity contribution in [3.8, 4) is 0 Å². The summed E-state index contributed by atoms with van der Waals surface area (Å²) < 4.78 is 26.3. The van der Waals surface area contributed by atoms with Crippen LogP contribution in [0.2, 0.25) is 5.02 Å². The van der Waals surface area contributed by atoms with E-state index < -0.39 is 17.4 Å². The van der Waals surface area contributed by atoms with Gasteiger partial charge in [0.1, 0.15) is 11.6 Å². The smallest absolute Gasteiger partial charge is 0.196 e. The summed E-state index contributed by atoms with van der Waals surface area (Å²) in [7, 11) is 0. The highest BCUT2D eigenvalue weighted by Crippen LogP contribution is 2.17. The highest BCUT2D eigenvalue weighted by Gasteiger charge is 2.14. The summed E-state index contributed by atoms with van der Waals surface area (Å²) in [5.74, 6) is -2.00. The Hall–Kier alpha value is -1.74. The predicted molar refractivity (Wildman–Crippen MR) is 61.2 cm³/mol. The number of halogens is 3. The number of benzene rings is 2. The van der Waals surface area contributed by atoms with Gasteiger partial charge >= 0.3 is 0 Å². The van der Waals surface area contributed by atoms with E-state index in [9.17, 15) is 13.6 Å². The minimum Gasteiger partial charge on any atom is -0.288 e. The van der Waals surface area contributed by atoms with Gasteiger partial charge in [0.05, 0.1) is 5.56 Å². The van der Waals surface area contributed by atoms with Crippen LogP contribution in [0.15, 0.2) is 42.5 Å². The van der Waals surface area contributed by atoms with Gasteiger partial charge < -0.3 is 0 Å². The molecule has 2 rings (SSSR count). The van der Waals surface area contributed by atoms with Crippen LogP contribution in [0.5, 0.6) is 0 Å². The highest BCUT2D eigenvalue weighted by molar-refractivity contribution is 6.31. The van der Waals surface area contributed by atoms with Crippen molar-refractivity contribution in [2.75, 3.05) is 0 Å². The zero-order valence-corrected chi connectivity index (χ0v) is 9.34. The minimum absolute atomic E-state index is 0.224. The quantitative estimate of drug-likeness (QED) is 0.742. The van der Waals surface area contributed by atoms with Crippen LogP contribution in [0, 0.1) is 11.6 Å². The van der Waals surface area contributed by atoms with Crippen LogP contribution in [-0.2, 0) is 0 Å². The molecule has 0 atom stereocenters. The molecule has 0 bridgehead atoms. The molecule has 0 heterocycles. The fourth-order valence-corrected chi connectivity index (χ4v) is 1.65. The molecular weight excluding hydrogens is 246 g/mol. The molecule has 0 saturated carbocycles. The normalized spacial score (nSPS) is 10.3. The summed E-state index contributed by atoms with van der Waals surface area (Å²) in [6, 6.07) is 8.84. The van der Waals surface area contributed by atoms with Crippen LogP contribution >= 0.6 is 11.6 Å². The van der Waals surface area contributed by atoms with Crippen LogP contribution < -0.4 is 0 Å². The molecule has 2 aromatic rings. The fourth-order valence-electron chi connectivity index (χ4n) is 1.46. The van der Waals surface area contributed by atoms with Gasteiger partial charge in [0.2, 0.25) is 0 Å². The molecule has 0 fully saturated rings. The van der Waals surface area contributed by atoms with E-state index in [2.05, 4.69) is 0 Å². The first-order valence-electron chi connectivity index (χ1n) is 4.83. The molecule has 0 amide bonds. The van der Waals surface area contributed by atoms with Crippen molar-refractivity contribution < 1.29 is 13.6 Å². The van der Waals surface area contributed by atoms with E-state index in [-0.39, 0.29) is 11.1 Å². The van der Waals surface area contributed by atoms with Crippen molar-refractivity contribution >= 4 is 17.4 Å². The van der Waals surface area contributed by atoms with E-state index in [0.717, 1.165) is 18.2 Å². The Morgan fingerprint density at radius 2 is 1.82 bits per heavy atom. The Bertz CT molecular complexity index is 581. The summed E-state index contributed by atoms with van der Waals surface area (Å²) in [5.41, 5.74) is -0.0748. The van der Waals surface area contributed by atoms with Gasteiger partial charge in [-0.2, -0.15) is 0 Å². The maximum atomic E-state index is 13.4. The maximum Gasteiger partial charge on any atom is 0.196 e. The highest BCUT2D eigenvalue weighted by atomic mass is 35.5. The average molecular weight is 253 g/mol. The standard InChI is InChI=1S/C13H7ClF2O/c14-9-3-1-2-8(6-9)13(17)11-7-10(15)4-5-12(11)16/h1-7H. The lowest BCUT2D eigenvalue weighted by molar-refractivity contribution is 0.103. The number of hydrogen-bond donors (Lipinski definition) is 0. The zero-order valence-electron chi connectivity index (χ0n) is 8.58. The van der Waals surface area contributed by atoms with Crippen molar-refractivity contribution in [3.63, 3.8) is 0 Å². The maximum absolute atomic E-state index is 13.4. The lowest BCUT2D eigenvalue weighted by atomic mass is 10.0. The Morgan fingerprint density at radius 3 is 2.53 bits per heavy atom. The van der Waals surface area contributed by atoms with Gasteiger partial charge in [0.15, 0.2) is 5.78 Å². The molecule has 1 nitrogen and oxygen atoms in total. The van der Waals surface area contributed by atoms with Gasteiger partial charge in [0.25, 0.3) is 0 Å². The molecule has 0 unspecified atom stereocenters. The van der Waals surface area contributed by atoms with Gasteiger partial charge in [-0.05, 0) is 30.3 Å². The van der Waals surface area contributed by atoms with Crippen LogP contribution in [0.3, 0.4) is 0 Å². The molecule has 0 N–H and O–H groups in total. The number of rotatable bonds is 2. The Kier molecular flexibility index (Phi) is 3.20. The van der Waals surface area contributed by atoms with Crippen LogP contribution in [0.25, 0.3) is 0 Å². The van der Waals surface area contributed by atoms with Gasteiger partial charge in [-0.25, -0.2) is 8.78 Å². The third kappa shape index (κ3) is 2.50. The summed E-state index contributed by atoms with van der Waals surface area (Å²) in [6.45, 7) is 0.